The number of imidazole rings is 1. The molecule has 1 aromatic carbocycles. The molecule has 3 heteroatoms. The van der Waals surface area contributed by atoms with Crippen molar-refractivity contribution in [2.75, 3.05) is 0 Å². The van der Waals surface area contributed by atoms with Gasteiger partial charge in [-0.15, -0.1) is 6.58 Å². The monoisotopic (exact) mass is 218 g/mol. The zero-order chi connectivity index (χ0) is 10.8. The van der Waals surface area contributed by atoms with E-state index in [4.69, 9.17) is 12.2 Å². The van der Waals surface area contributed by atoms with Gasteiger partial charge in [-0.3, -0.25) is 0 Å². The molecule has 0 aliphatic heterocycles. The number of hydrogen-bond acceptors (Lipinski definition) is 1. The molecule has 0 amide bonds. The lowest BCUT2D eigenvalue weighted by molar-refractivity contribution is 0.721. The average molecular weight is 218 g/mol. The van der Waals surface area contributed by atoms with Gasteiger partial charge in [0.05, 0.1) is 11.0 Å². The predicted molar refractivity (Wildman–Crippen MR) is 66.7 cm³/mol. The Morgan fingerprint density at radius 3 is 3.07 bits per heavy atom. The van der Waals surface area contributed by atoms with Crippen LogP contribution in [0.25, 0.3) is 11.0 Å². The number of rotatable bonds is 3. The fourth-order valence-corrected chi connectivity index (χ4v) is 2.00. The predicted octanol–water partition coefficient (Wildman–Crippen LogP) is 3.58. The van der Waals surface area contributed by atoms with E-state index in [9.17, 15) is 0 Å². The van der Waals surface area contributed by atoms with Crippen molar-refractivity contribution >= 4 is 23.3 Å². The molecule has 1 heterocycles. The smallest absolute Gasteiger partial charge is 0.178 e. The molecule has 78 valence electrons. The van der Waals surface area contributed by atoms with Gasteiger partial charge in [-0.2, -0.15) is 0 Å². The van der Waals surface area contributed by atoms with Crippen molar-refractivity contribution in [2.45, 2.75) is 19.9 Å². The second-order valence-electron chi connectivity index (χ2n) is 3.68. The van der Waals surface area contributed by atoms with Crippen LogP contribution in [-0.4, -0.2) is 9.55 Å². The summed E-state index contributed by atoms with van der Waals surface area (Å²) in [6.45, 7) is 6.72. The van der Waals surface area contributed by atoms with Gasteiger partial charge in [-0.05, 0) is 43.3 Å². The summed E-state index contributed by atoms with van der Waals surface area (Å²) in [5, 5.41) is 0. The molecule has 2 nitrogen and oxygen atoms in total. The highest BCUT2D eigenvalue weighted by atomic mass is 32.1. The highest BCUT2D eigenvalue weighted by Gasteiger charge is 2.02. The van der Waals surface area contributed by atoms with E-state index < -0.39 is 0 Å². The van der Waals surface area contributed by atoms with E-state index >= 15 is 0 Å². The maximum absolute atomic E-state index is 5.28. The van der Waals surface area contributed by atoms with E-state index in [-0.39, 0.29) is 0 Å². The SMILES string of the molecule is C=CCCn1c(=S)[nH]c2ccc(C)cc21. The standard InChI is InChI=1S/C12H14N2S/c1-3-4-7-14-11-8-9(2)5-6-10(11)13-12(14)15/h3,5-6,8H,1,4,7H2,2H3,(H,13,15). The molecule has 0 saturated heterocycles. The summed E-state index contributed by atoms with van der Waals surface area (Å²) < 4.78 is 2.91. The Labute approximate surface area is 94.2 Å². The molecule has 2 aromatic rings. The van der Waals surface area contributed by atoms with Crippen LogP contribution in [-0.2, 0) is 6.54 Å². The summed E-state index contributed by atoms with van der Waals surface area (Å²) in [7, 11) is 0. The second kappa shape index (κ2) is 4.03. The van der Waals surface area contributed by atoms with E-state index in [0.29, 0.717) is 0 Å². The maximum atomic E-state index is 5.28. The van der Waals surface area contributed by atoms with Crippen LogP contribution in [0.3, 0.4) is 0 Å². The Hall–Kier alpha value is -1.35. The van der Waals surface area contributed by atoms with Crippen LogP contribution in [0.4, 0.5) is 0 Å². The second-order valence-corrected chi connectivity index (χ2v) is 4.07. The van der Waals surface area contributed by atoms with Gasteiger partial charge in [-0.25, -0.2) is 0 Å². The number of aromatic nitrogens is 2. The zero-order valence-electron chi connectivity index (χ0n) is 8.79. The lowest BCUT2D eigenvalue weighted by Crippen LogP contribution is -1.96. The molecule has 0 radical (unpaired) electrons. The first-order chi connectivity index (χ1) is 7.22. The van der Waals surface area contributed by atoms with Gasteiger partial charge in [-0.1, -0.05) is 12.1 Å². The van der Waals surface area contributed by atoms with Crippen molar-refractivity contribution in [3.8, 4) is 0 Å². The number of nitrogens with zero attached hydrogens (tertiary/aromatic N) is 1. The molecule has 0 atom stereocenters. The molecular weight excluding hydrogens is 204 g/mol. The Bertz CT molecular complexity index is 548. The summed E-state index contributed by atoms with van der Waals surface area (Å²) in [5.41, 5.74) is 3.54. The number of aromatic amines is 1. The van der Waals surface area contributed by atoms with Crippen molar-refractivity contribution in [1.29, 1.82) is 0 Å². The third-order valence-electron chi connectivity index (χ3n) is 2.49. The van der Waals surface area contributed by atoms with Crippen LogP contribution in [0.15, 0.2) is 30.9 Å². The molecule has 15 heavy (non-hydrogen) atoms. The number of fused-ring (bicyclic) bond motifs is 1. The van der Waals surface area contributed by atoms with E-state index in [1.165, 1.54) is 11.1 Å². The quantitative estimate of drug-likeness (QED) is 0.617. The van der Waals surface area contributed by atoms with Crippen LogP contribution in [0.1, 0.15) is 12.0 Å². The Kier molecular flexibility index (Phi) is 2.73. The maximum Gasteiger partial charge on any atom is 0.178 e. The number of hydrogen-bond donors (Lipinski definition) is 1. The van der Waals surface area contributed by atoms with Crippen molar-refractivity contribution < 1.29 is 0 Å². The third-order valence-corrected chi connectivity index (χ3v) is 2.81. The van der Waals surface area contributed by atoms with Gasteiger partial charge in [0.15, 0.2) is 4.77 Å². The van der Waals surface area contributed by atoms with Crippen LogP contribution in [0.2, 0.25) is 0 Å². The van der Waals surface area contributed by atoms with Crippen molar-refractivity contribution in [1.82, 2.24) is 9.55 Å². The third kappa shape index (κ3) is 1.88. The highest BCUT2D eigenvalue weighted by molar-refractivity contribution is 7.71. The van der Waals surface area contributed by atoms with Gasteiger partial charge in [0.1, 0.15) is 0 Å². The molecule has 0 aliphatic carbocycles. The number of allylic oxidation sites excluding steroid dienone is 1. The van der Waals surface area contributed by atoms with E-state index in [1.54, 1.807) is 0 Å². The normalized spacial score (nSPS) is 10.7. The number of H-pyrrole nitrogens is 1. The van der Waals surface area contributed by atoms with Gasteiger partial charge in [0, 0.05) is 6.54 Å². The zero-order valence-corrected chi connectivity index (χ0v) is 9.60. The fraction of sp³-hybridized carbons (Fsp3) is 0.250. The minimum Gasteiger partial charge on any atom is -0.331 e. The molecule has 0 aliphatic rings. The summed E-state index contributed by atoms with van der Waals surface area (Å²) in [5.74, 6) is 0. The fourth-order valence-electron chi connectivity index (χ4n) is 1.71. The van der Waals surface area contributed by atoms with Crippen molar-refractivity contribution in [3.05, 3.63) is 41.2 Å². The van der Waals surface area contributed by atoms with Crippen LogP contribution >= 0.6 is 12.2 Å². The number of nitrogens with one attached hydrogen (secondary N) is 1. The molecule has 0 bridgehead atoms. The highest BCUT2D eigenvalue weighted by Crippen LogP contribution is 2.16. The molecule has 0 spiro atoms. The first-order valence-electron chi connectivity index (χ1n) is 5.02. The van der Waals surface area contributed by atoms with Gasteiger partial charge in [0.2, 0.25) is 0 Å². The molecule has 0 fully saturated rings. The molecule has 2 rings (SSSR count). The number of benzene rings is 1. The lowest BCUT2D eigenvalue weighted by Gasteiger charge is -2.02. The van der Waals surface area contributed by atoms with Gasteiger partial charge >= 0.3 is 0 Å². The summed E-state index contributed by atoms with van der Waals surface area (Å²) in [6, 6.07) is 6.32. The summed E-state index contributed by atoms with van der Waals surface area (Å²) >= 11 is 5.28. The minimum absolute atomic E-state index is 0.789. The minimum atomic E-state index is 0.789. The van der Waals surface area contributed by atoms with Crippen LogP contribution in [0.5, 0.6) is 0 Å². The molecule has 0 saturated carbocycles. The lowest BCUT2D eigenvalue weighted by atomic mass is 10.2. The Morgan fingerprint density at radius 2 is 2.33 bits per heavy atom. The average Bonchev–Trinajstić information content (AvgIpc) is 2.51. The van der Waals surface area contributed by atoms with Gasteiger partial charge < -0.3 is 9.55 Å². The topological polar surface area (TPSA) is 20.7 Å². The van der Waals surface area contributed by atoms with E-state index in [2.05, 4.69) is 41.3 Å². The molecule has 1 aromatic heterocycles. The van der Waals surface area contributed by atoms with E-state index in [0.717, 1.165) is 23.3 Å². The Morgan fingerprint density at radius 1 is 1.53 bits per heavy atom. The van der Waals surface area contributed by atoms with E-state index in [1.807, 2.05) is 6.08 Å². The summed E-state index contributed by atoms with van der Waals surface area (Å²) in [4.78, 5) is 3.21. The van der Waals surface area contributed by atoms with Crippen LogP contribution < -0.4 is 0 Å². The summed E-state index contributed by atoms with van der Waals surface area (Å²) in [6.07, 6.45) is 2.85. The largest absolute Gasteiger partial charge is 0.331 e. The van der Waals surface area contributed by atoms with Crippen LogP contribution in [0, 0.1) is 11.7 Å². The van der Waals surface area contributed by atoms with Gasteiger partial charge in [0.25, 0.3) is 0 Å². The first-order valence-corrected chi connectivity index (χ1v) is 5.43. The molecule has 0 unspecified atom stereocenters. The number of aryl methyl sites for hydroxylation is 2. The first kappa shape index (κ1) is 10.2. The van der Waals surface area contributed by atoms with Crippen molar-refractivity contribution in [3.63, 3.8) is 0 Å². The molecule has 1 N–H and O–H groups in total. The Balaban J connectivity index is 2.60. The van der Waals surface area contributed by atoms with Crippen molar-refractivity contribution in [2.24, 2.45) is 0 Å². The molecular formula is C12H14N2S.